The average Bonchev–Trinajstić information content (AvgIpc) is 3.38. The van der Waals surface area contributed by atoms with E-state index < -0.39 is 17.8 Å². The van der Waals surface area contributed by atoms with Crippen molar-refractivity contribution in [1.82, 2.24) is 9.47 Å². The first-order valence-electron chi connectivity index (χ1n) is 9.75. The van der Waals surface area contributed by atoms with E-state index in [4.69, 9.17) is 9.15 Å². The molecule has 1 aromatic heterocycles. The third-order valence-corrected chi connectivity index (χ3v) is 5.11. The number of amides is 1. The number of carbonyl (C=O) groups is 2. The molecule has 7 nitrogen and oxygen atoms in total. The fourth-order valence-electron chi connectivity index (χ4n) is 3.61. The Morgan fingerprint density at radius 2 is 1.69 bits per heavy atom. The molecule has 1 atom stereocenters. The van der Waals surface area contributed by atoms with Crippen LogP contribution in [0.4, 0.5) is 0 Å². The van der Waals surface area contributed by atoms with Gasteiger partial charge in [-0.1, -0.05) is 42.5 Å². The molecule has 2 heterocycles. The lowest BCUT2D eigenvalue weighted by molar-refractivity contribution is -0.160. The van der Waals surface area contributed by atoms with E-state index in [2.05, 4.69) is 0 Å². The van der Waals surface area contributed by atoms with Gasteiger partial charge in [0, 0.05) is 25.2 Å². The van der Waals surface area contributed by atoms with Gasteiger partial charge in [0.05, 0.1) is 11.9 Å². The van der Waals surface area contributed by atoms with Gasteiger partial charge in [0.15, 0.2) is 5.58 Å². The van der Waals surface area contributed by atoms with Gasteiger partial charge in [-0.15, -0.1) is 0 Å². The van der Waals surface area contributed by atoms with Crippen LogP contribution in [0.25, 0.3) is 11.1 Å². The van der Waals surface area contributed by atoms with Crippen LogP contribution < -0.4 is 5.76 Å². The Kier molecular flexibility index (Phi) is 5.46. The highest BCUT2D eigenvalue weighted by molar-refractivity contribution is 5.85. The first kappa shape index (κ1) is 19.0. The zero-order valence-electron chi connectivity index (χ0n) is 16.0. The van der Waals surface area contributed by atoms with Gasteiger partial charge in [-0.2, -0.15) is 0 Å². The molecule has 1 saturated heterocycles. The van der Waals surface area contributed by atoms with Gasteiger partial charge in [0.25, 0.3) is 5.91 Å². The summed E-state index contributed by atoms with van der Waals surface area (Å²) in [5, 5.41) is 0. The van der Waals surface area contributed by atoms with Crippen molar-refractivity contribution in [2.45, 2.75) is 31.9 Å². The number of rotatable bonds is 6. The zero-order valence-corrected chi connectivity index (χ0v) is 16.0. The summed E-state index contributed by atoms with van der Waals surface area (Å²) in [6.07, 6.45) is 0.898. The summed E-state index contributed by atoms with van der Waals surface area (Å²) in [6, 6.07) is 16.1. The molecule has 0 radical (unpaired) electrons. The van der Waals surface area contributed by atoms with Crippen LogP contribution in [0, 0.1) is 0 Å². The highest BCUT2D eigenvalue weighted by Gasteiger charge is 2.30. The number of hydrogen-bond donors (Lipinski definition) is 0. The molecule has 0 aliphatic carbocycles. The van der Waals surface area contributed by atoms with Crippen molar-refractivity contribution in [3.8, 4) is 0 Å². The molecule has 0 saturated carbocycles. The van der Waals surface area contributed by atoms with E-state index in [1.54, 1.807) is 41.3 Å². The molecule has 2 aromatic carbocycles. The van der Waals surface area contributed by atoms with E-state index in [0.29, 0.717) is 29.8 Å². The molecule has 150 valence electrons. The number of benzene rings is 2. The predicted octanol–water partition coefficient (Wildman–Crippen LogP) is 2.89. The Morgan fingerprint density at radius 3 is 2.45 bits per heavy atom. The number of ether oxygens (including phenoxy) is 1. The molecule has 3 aromatic rings. The summed E-state index contributed by atoms with van der Waals surface area (Å²) in [4.78, 5) is 39.3. The van der Waals surface area contributed by atoms with Gasteiger partial charge in [0.1, 0.15) is 0 Å². The van der Waals surface area contributed by atoms with E-state index in [0.717, 1.165) is 12.8 Å². The van der Waals surface area contributed by atoms with Crippen LogP contribution in [0.2, 0.25) is 0 Å². The van der Waals surface area contributed by atoms with Crippen molar-refractivity contribution < 1.29 is 18.7 Å². The molecule has 0 unspecified atom stereocenters. The Labute approximate surface area is 167 Å². The molecule has 29 heavy (non-hydrogen) atoms. The van der Waals surface area contributed by atoms with E-state index in [1.807, 2.05) is 18.2 Å². The van der Waals surface area contributed by atoms with Crippen molar-refractivity contribution in [3.05, 3.63) is 70.7 Å². The van der Waals surface area contributed by atoms with Gasteiger partial charge in [-0.25, -0.2) is 4.79 Å². The molecule has 7 heteroatoms. The Balaban J connectivity index is 1.48. The van der Waals surface area contributed by atoms with E-state index in [-0.39, 0.29) is 18.9 Å². The van der Waals surface area contributed by atoms with Gasteiger partial charge >= 0.3 is 11.7 Å². The zero-order chi connectivity index (χ0) is 20.2. The summed E-state index contributed by atoms with van der Waals surface area (Å²) in [6.45, 7) is 1.47. The monoisotopic (exact) mass is 394 g/mol. The van der Waals surface area contributed by atoms with Crippen LogP contribution in [-0.2, 0) is 20.9 Å². The Bertz CT molecular complexity index is 1060. The van der Waals surface area contributed by atoms with Crippen molar-refractivity contribution >= 4 is 23.0 Å². The third kappa shape index (κ3) is 4.08. The maximum atomic E-state index is 12.9. The maximum absolute atomic E-state index is 12.9. The first-order chi connectivity index (χ1) is 14.1. The van der Waals surface area contributed by atoms with Crippen LogP contribution in [-0.4, -0.2) is 34.4 Å². The standard InChI is InChI=1S/C22H22N2O5/c25-19(12-15-24-17-10-4-5-11-18(17)28-22(24)27)29-20(16-8-2-1-3-9-16)21(26)23-13-6-7-14-23/h1-5,8-11,20H,6-7,12-15H2/t20-/m1/s1. The highest BCUT2D eigenvalue weighted by Crippen LogP contribution is 2.23. The smallest absolute Gasteiger partial charge is 0.419 e. The fraction of sp³-hybridized carbons (Fsp3) is 0.318. The number of nitrogens with zero attached hydrogens (tertiary/aromatic N) is 2. The van der Waals surface area contributed by atoms with Crippen molar-refractivity contribution in [2.75, 3.05) is 13.1 Å². The molecule has 0 bridgehead atoms. The fourth-order valence-corrected chi connectivity index (χ4v) is 3.61. The first-order valence-corrected chi connectivity index (χ1v) is 9.75. The summed E-state index contributed by atoms with van der Waals surface area (Å²) < 4.78 is 12.2. The van der Waals surface area contributed by atoms with Crippen LogP contribution in [0.3, 0.4) is 0 Å². The summed E-state index contributed by atoms with van der Waals surface area (Å²) in [7, 11) is 0. The maximum Gasteiger partial charge on any atom is 0.419 e. The minimum atomic E-state index is -0.973. The number of carbonyl (C=O) groups excluding carboxylic acids is 2. The summed E-state index contributed by atoms with van der Waals surface area (Å²) >= 11 is 0. The minimum Gasteiger partial charge on any atom is -0.447 e. The molecule has 1 amide bonds. The molecule has 1 aliphatic heterocycles. The number of fused-ring (bicyclic) bond motifs is 1. The number of esters is 1. The average molecular weight is 394 g/mol. The number of likely N-dealkylation sites (tertiary alicyclic amines) is 1. The SMILES string of the molecule is O=C(CCn1c(=O)oc2ccccc21)O[C@@H](C(=O)N1CCCC1)c1ccccc1. The Hall–Kier alpha value is -3.35. The number of oxazole rings is 1. The molecule has 4 rings (SSSR count). The second kappa shape index (κ2) is 8.34. The number of para-hydroxylation sites is 2. The molecule has 0 spiro atoms. The molecule has 1 aliphatic rings. The van der Waals surface area contributed by atoms with Crippen molar-refractivity contribution in [2.24, 2.45) is 0 Å². The molecule has 1 fully saturated rings. The summed E-state index contributed by atoms with van der Waals surface area (Å²) in [5.41, 5.74) is 1.74. The van der Waals surface area contributed by atoms with Crippen LogP contribution in [0.15, 0.2) is 63.8 Å². The van der Waals surface area contributed by atoms with Gasteiger partial charge in [-0.05, 0) is 25.0 Å². The van der Waals surface area contributed by atoms with Crippen molar-refractivity contribution in [1.29, 1.82) is 0 Å². The van der Waals surface area contributed by atoms with Crippen LogP contribution >= 0.6 is 0 Å². The normalized spacial score (nSPS) is 14.8. The van der Waals surface area contributed by atoms with E-state index in [1.165, 1.54) is 4.57 Å². The summed E-state index contributed by atoms with van der Waals surface area (Å²) in [5.74, 6) is -1.26. The van der Waals surface area contributed by atoms with Gasteiger partial charge in [-0.3, -0.25) is 14.2 Å². The number of aryl methyl sites for hydroxylation is 1. The lowest BCUT2D eigenvalue weighted by Gasteiger charge is -2.23. The van der Waals surface area contributed by atoms with Gasteiger partial charge < -0.3 is 14.1 Å². The Morgan fingerprint density at radius 1 is 1.00 bits per heavy atom. The second-order valence-corrected chi connectivity index (χ2v) is 7.05. The largest absolute Gasteiger partial charge is 0.447 e. The molecular formula is C22H22N2O5. The third-order valence-electron chi connectivity index (χ3n) is 5.11. The quantitative estimate of drug-likeness (QED) is 0.601. The lowest BCUT2D eigenvalue weighted by Crippen LogP contribution is -2.35. The van der Waals surface area contributed by atoms with Gasteiger partial charge in [0.2, 0.25) is 6.10 Å². The number of hydrogen-bond acceptors (Lipinski definition) is 5. The number of aromatic nitrogens is 1. The second-order valence-electron chi connectivity index (χ2n) is 7.05. The van der Waals surface area contributed by atoms with E-state index in [9.17, 15) is 14.4 Å². The van der Waals surface area contributed by atoms with E-state index >= 15 is 0 Å². The molecule has 0 N–H and O–H groups in total. The lowest BCUT2D eigenvalue weighted by atomic mass is 10.1. The molecular weight excluding hydrogens is 372 g/mol. The van der Waals surface area contributed by atoms with Crippen molar-refractivity contribution in [3.63, 3.8) is 0 Å². The predicted molar refractivity (Wildman–Crippen MR) is 106 cm³/mol. The van der Waals surface area contributed by atoms with Crippen LogP contribution in [0.5, 0.6) is 0 Å². The highest BCUT2D eigenvalue weighted by atomic mass is 16.5. The minimum absolute atomic E-state index is 0.0416. The van der Waals surface area contributed by atoms with Crippen LogP contribution in [0.1, 0.15) is 30.9 Å². The topological polar surface area (TPSA) is 81.7 Å².